The molecule has 0 atom stereocenters. The third-order valence-corrected chi connectivity index (χ3v) is 7.92. The quantitative estimate of drug-likeness (QED) is 0.740. The minimum Gasteiger partial charge on any atom is -0.340 e. The van der Waals surface area contributed by atoms with Gasteiger partial charge in [0, 0.05) is 37.5 Å². The van der Waals surface area contributed by atoms with Crippen molar-refractivity contribution in [2.45, 2.75) is 38.0 Å². The molecule has 1 saturated heterocycles. The Kier molecular flexibility index (Phi) is 6.34. The molecule has 0 spiro atoms. The number of thiophene rings is 1. The van der Waals surface area contributed by atoms with Gasteiger partial charge in [-0.3, -0.25) is 4.79 Å². The highest BCUT2D eigenvalue weighted by Crippen LogP contribution is 2.22. The van der Waals surface area contributed by atoms with E-state index in [2.05, 4.69) is 6.07 Å². The van der Waals surface area contributed by atoms with Crippen molar-refractivity contribution in [3.8, 4) is 0 Å². The number of benzene rings is 1. The number of rotatable bonds is 6. The molecule has 0 aliphatic carbocycles. The molecular formula is C20H26N2O3S2. The molecule has 0 bridgehead atoms. The maximum Gasteiger partial charge on any atom is 0.243 e. The number of amides is 1. The van der Waals surface area contributed by atoms with Gasteiger partial charge in [0.05, 0.1) is 4.90 Å². The SMILES string of the molecule is Cc1ccc(C)c(S(=O)(=O)N2CCN(C(=O)CCCc3cccs3)CC2)c1. The second-order valence-electron chi connectivity index (χ2n) is 6.99. The van der Waals surface area contributed by atoms with E-state index in [-0.39, 0.29) is 5.91 Å². The Balaban J connectivity index is 1.54. The lowest BCUT2D eigenvalue weighted by atomic mass is 10.2. The van der Waals surface area contributed by atoms with Gasteiger partial charge in [-0.05, 0) is 55.3 Å². The van der Waals surface area contributed by atoms with Gasteiger partial charge in [0.1, 0.15) is 0 Å². The van der Waals surface area contributed by atoms with Gasteiger partial charge in [0.2, 0.25) is 15.9 Å². The number of piperazine rings is 1. The number of nitrogens with zero attached hydrogens (tertiary/aromatic N) is 2. The van der Waals surface area contributed by atoms with E-state index in [9.17, 15) is 13.2 Å². The summed E-state index contributed by atoms with van der Waals surface area (Å²) in [4.78, 5) is 15.9. The summed E-state index contributed by atoms with van der Waals surface area (Å²) in [5.74, 6) is 0.121. The predicted octanol–water partition coefficient (Wildman–Crippen LogP) is 3.22. The lowest BCUT2D eigenvalue weighted by molar-refractivity contribution is -0.132. The molecule has 1 aliphatic heterocycles. The highest BCUT2D eigenvalue weighted by molar-refractivity contribution is 7.89. The van der Waals surface area contributed by atoms with Crippen LogP contribution in [0.15, 0.2) is 40.6 Å². The Hall–Kier alpha value is -1.70. The van der Waals surface area contributed by atoms with Crippen LogP contribution in [-0.4, -0.2) is 49.7 Å². The van der Waals surface area contributed by atoms with Gasteiger partial charge < -0.3 is 4.90 Å². The fraction of sp³-hybridized carbons (Fsp3) is 0.450. The molecule has 2 heterocycles. The van der Waals surface area contributed by atoms with Gasteiger partial charge >= 0.3 is 0 Å². The van der Waals surface area contributed by atoms with Crippen molar-refractivity contribution in [3.63, 3.8) is 0 Å². The van der Waals surface area contributed by atoms with E-state index in [1.807, 2.05) is 37.4 Å². The largest absolute Gasteiger partial charge is 0.340 e. The van der Waals surface area contributed by atoms with Crippen LogP contribution >= 0.6 is 11.3 Å². The number of carbonyl (C=O) groups is 1. The molecule has 0 unspecified atom stereocenters. The molecule has 1 aliphatic rings. The van der Waals surface area contributed by atoms with E-state index in [1.165, 1.54) is 9.18 Å². The minimum absolute atomic E-state index is 0.121. The number of carbonyl (C=O) groups excluding carboxylic acids is 1. The van der Waals surface area contributed by atoms with E-state index in [1.54, 1.807) is 22.3 Å². The van der Waals surface area contributed by atoms with E-state index in [0.29, 0.717) is 37.5 Å². The summed E-state index contributed by atoms with van der Waals surface area (Å²) in [6.45, 7) is 5.34. The van der Waals surface area contributed by atoms with Gasteiger partial charge in [0.15, 0.2) is 0 Å². The highest BCUT2D eigenvalue weighted by Gasteiger charge is 2.30. The third kappa shape index (κ3) is 4.78. The molecule has 27 heavy (non-hydrogen) atoms. The average Bonchev–Trinajstić information content (AvgIpc) is 3.17. The molecule has 2 aromatic rings. The Bertz CT molecular complexity index is 884. The Morgan fingerprint density at radius 2 is 1.85 bits per heavy atom. The summed E-state index contributed by atoms with van der Waals surface area (Å²) >= 11 is 1.71. The van der Waals surface area contributed by atoms with Crippen molar-refractivity contribution < 1.29 is 13.2 Å². The van der Waals surface area contributed by atoms with Gasteiger partial charge in [0.25, 0.3) is 0 Å². The van der Waals surface area contributed by atoms with Crippen molar-refractivity contribution in [2.75, 3.05) is 26.2 Å². The number of sulfonamides is 1. The normalized spacial score (nSPS) is 15.9. The van der Waals surface area contributed by atoms with Crippen LogP contribution in [0.25, 0.3) is 0 Å². The number of hydrogen-bond donors (Lipinski definition) is 0. The van der Waals surface area contributed by atoms with Crippen LogP contribution < -0.4 is 0 Å². The van der Waals surface area contributed by atoms with Crippen molar-refractivity contribution in [1.82, 2.24) is 9.21 Å². The zero-order valence-electron chi connectivity index (χ0n) is 15.8. The summed E-state index contributed by atoms with van der Waals surface area (Å²) in [5, 5.41) is 2.05. The molecule has 3 rings (SSSR count). The topological polar surface area (TPSA) is 57.7 Å². The van der Waals surface area contributed by atoms with Gasteiger partial charge in [-0.1, -0.05) is 18.2 Å². The Morgan fingerprint density at radius 3 is 2.52 bits per heavy atom. The standard InChI is InChI=1S/C20H26N2O3S2/c1-16-8-9-17(2)19(15-16)27(24,25)22-12-10-21(11-13-22)20(23)7-3-5-18-6-4-14-26-18/h4,6,8-9,14-15H,3,5,7,10-13H2,1-2H3. The van der Waals surface area contributed by atoms with Crippen LogP contribution in [0.2, 0.25) is 0 Å². The summed E-state index contributed by atoms with van der Waals surface area (Å²) in [7, 11) is -3.51. The first-order valence-corrected chi connectivity index (χ1v) is 11.6. The zero-order valence-corrected chi connectivity index (χ0v) is 17.5. The van der Waals surface area contributed by atoms with Crippen LogP contribution in [0, 0.1) is 13.8 Å². The fourth-order valence-electron chi connectivity index (χ4n) is 3.33. The highest BCUT2D eigenvalue weighted by atomic mass is 32.2. The van der Waals surface area contributed by atoms with E-state index < -0.39 is 10.0 Å². The van der Waals surface area contributed by atoms with Crippen LogP contribution in [0.1, 0.15) is 28.8 Å². The molecule has 1 aromatic carbocycles. The molecule has 146 valence electrons. The maximum absolute atomic E-state index is 13.0. The summed E-state index contributed by atoms with van der Waals surface area (Å²) in [6, 6.07) is 9.60. The van der Waals surface area contributed by atoms with Crippen LogP contribution in [-0.2, 0) is 21.2 Å². The fourth-order valence-corrected chi connectivity index (χ4v) is 5.81. The first kappa shape index (κ1) is 20.0. The second kappa shape index (κ2) is 8.54. The van der Waals surface area contributed by atoms with Crippen LogP contribution in [0.5, 0.6) is 0 Å². The minimum atomic E-state index is -3.51. The summed E-state index contributed by atoms with van der Waals surface area (Å²) < 4.78 is 27.4. The summed E-state index contributed by atoms with van der Waals surface area (Å²) in [5.41, 5.74) is 1.69. The molecule has 0 saturated carbocycles. The first-order valence-electron chi connectivity index (χ1n) is 9.25. The predicted molar refractivity (Wildman–Crippen MR) is 109 cm³/mol. The van der Waals surface area contributed by atoms with E-state index in [4.69, 9.17) is 0 Å². The lowest BCUT2D eigenvalue weighted by Crippen LogP contribution is -2.50. The second-order valence-corrected chi connectivity index (χ2v) is 9.93. The monoisotopic (exact) mass is 406 g/mol. The molecule has 1 aromatic heterocycles. The Labute approximate surface area is 165 Å². The van der Waals surface area contributed by atoms with Gasteiger partial charge in [-0.2, -0.15) is 4.31 Å². The van der Waals surface area contributed by atoms with E-state index >= 15 is 0 Å². The van der Waals surface area contributed by atoms with Crippen molar-refractivity contribution >= 4 is 27.3 Å². The van der Waals surface area contributed by atoms with Crippen molar-refractivity contribution in [3.05, 3.63) is 51.7 Å². The van der Waals surface area contributed by atoms with Crippen LogP contribution in [0.3, 0.4) is 0 Å². The average molecular weight is 407 g/mol. The lowest BCUT2D eigenvalue weighted by Gasteiger charge is -2.34. The summed E-state index contributed by atoms with van der Waals surface area (Å²) in [6.07, 6.45) is 2.27. The smallest absolute Gasteiger partial charge is 0.243 e. The molecule has 5 nitrogen and oxygen atoms in total. The molecule has 7 heteroatoms. The van der Waals surface area contributed by atoms with E-state index in [0.717, 1.165) is 24.0 Å². The van der Waals surface area contributed by atoms with Crippen molar-refractivity contribution in [1.29, 1.82) is 0 Å². The molecular weight excluding hydrogens is 380 g/mol. The van der Waals surface area contributed by atoms with Gasteiger partial charge in [-0.25, -0.2) is 8.42 Å². The van der Waals surface area contributed by atoms with Gasteiger partial charge in [-0.15, -0.1) is 11.3 Å². The number of hydrogen-bond acceptors (Lipinski definition) is 4. The molecule has 1 fully saturated rings. The van der Waals surface area contributed by atoms with Crippen LogP contribution in [0.4, 0.5) is 0 Å². The Morgan fingerprint density at radius 1 is 1.11 bits per heavy atom. The first-order chi connectivity index (χ1) is 12.9. The van der Waals surface area contributed by atoms with Crippen molar-refractivity contribution in [2.24, 2.45) is 0 Å². The number of aryl methyl sites for hydroxylation is 3. The zero-order chi connectivity index (χ0) is 19.4. The molecule has 0 radical (unpaired) electrons. The molecule has 1 amide bonds. The molecule has 0 N–H and O–H groups in total. The third-order valence-electron chi connectivity index (χ3n) is 4.95. The maximum atomic E-state index is 13.0.